The van der Waals surface area contributed by atoms with Crippen molar-refractivity contribution in [1.29, 1.82) is 0 Å². The molecule has 1 saturated carbocycles. The van der Waals surface area contributed by atoms with Gasteiger partial charge in [0, 0.05) is 12.6 Å². The third-order valence-electron chi connectivity index (χ3n) is 3.68. The zero-order valence-corrected chi connectivity index (χ0v) is 10.1. The summed E-state index contributed by atoms with van der Waals surface area (Å²) in [5.74, 6) is 0. The SMILES string of the molecule is CCCC(C)N(C)CC1(CCN)CC1. The molecule has 0 radical (unpaired) electrons. The van der Waals surface area contributed by atoms with Gasteiger partial charge in [0.05, 0.1) is 0 Å². The zero-order valence-electron chi connectivity index (χ0n) is 10.1. The number of nitrogens with zero attached hydrogens (tertiary/aromatic N) is 1. The molecule has 1 aliphatic carbocycles. The summed E-state index contributed by atoms with van der Waals surface area (Å²) in [6.07, 6.45) is 6.61. The van der Waals surface area contributed by atoms with Crippen molar-refractivity contribution in [2.45, 2.75) is 52.0 Å². The van der Waals surface area contributed by atoms with Crippen molar-refractivity contribution in [3.63, 3.8) is 0 Å². The summed E-state index contributed by atoms with van der Waals surface area (Å²) in [5, 5.41) is 0. The predicted octanol–water partition coefficient (Wildman–Crippen LogP) is 2.24. The normalized spacial score (nSPS) is 21.2. The van der Waals surface area contributed by atoms with E-state index in [0.29, 0.717) is 5.41 Å². The number of hydrogen-bond donors (Lipinski definition) is 1. The smallest absolute Gasteiger partial charge is 0.00640 e. The summed E-state index contributed by atoms with van der Waals surface area (Å²) in [6, 6.07) is 0.732. The second-order valence-electron chi connectivity index (χ2n) is 5.09. The van der Waals surface area contributed by atoms with Crippen molar-refractivity contribution >= 4 is 0 Å². The molecule has 0 aromatic rings. The maximum atomic E-state index is 5.65. The maximum Gasteiger partial charge on any atom is 0.00640 e. The molecule has 1 unspecified atom stereocenters. The van der Waals surface area contributed by atoms with E-state index in [1.54, 1.807) is 0 Å². The van der Waals surface area contributed by atoms with E-state index in [2.05, 4.69) is 25.8 Å². The highest BCUT2D eigenvalue weighted by molar-refractivity contribution is 4.95. The third kappa shape index (κ3) is 3.25. The van der Waals surface area contributed by atoms with E-state index < -0.39 is 0 Å². The lowest BCUT2D eigenvalue weighted by atomic mass is 10.0. The van der Waals surface area contributed by atoms with Crippen LogP contribution in [0.15, 0.2) is 0 Å². The highest BCUT2D eigenvalue weighted by Crippen LogP contribution is 2.49. The van der Waals surface area contributed by atoms with Crippen LogP contribution >= 0.6 is 0 Å². The fourth-order valence-electron chi connectivity index (χ4n) is 2.29. The van der Waals surface area contributed by atoms with Gasteiger partial charge in [-0.3, -0.25) is 0 Å². The Kier molecular flexibility index (Phi) is 4.39. The molecule has 0 amide bonds. The van der Waals surface area contributed by atoms with Crippen LogP contribution in [0, 0.1) is 5.41 Å². The van der Waals surface area contributed by atoms with Gasteiger partial charge in [0.25, 0.3) is 0 Å². The Morgan fingerprint density at radius 3 is 2.50 bits per heavy atom. The molecule has 84 valence electrons. The van der Waals surface area contributed by atoms with E-state index in [4.69, 9.17) is 5.73 Å². The Morgan fingerprint density at radius 2 is 2.07 bits per heavy atom. The van der Waals surface area contributed by atoms with Crippen LogP contribution in [0.1, 0.15) is 46.0 Å². The van der Waals surface area contributed by atoms with Crippen LogP contribution in [-0.4, -0.2) is 31.1 Å². The average molecular weight is 198 g/mol. The van der Waals surface area contributed by atoms with Gasteiger partial charge in [-0.25, -0.2) is 0 Å². The third-order valence-corrected chi connectivity index (χ3v) is 3.68. The van der Waals surface area contributed by atoms with E-state index in [0.717, 1.165) is 12.6 Å². The molecule has 2 heteroatoms. The van der Waals surface area contributed by atoms with Crippen molar-refractivity contribution in [3.05, 3.63) is 0 Å². The standard InChI is InChI=1S/C12H26N2/c1-4-5-11(2)14(3)10-12(6-7-12)8-9-13/h11H,4-10,13H2,1-3H3. The lowest BCUT2D eigenvalue weighted by molar-refractivity contribution is 0.193. The second-order valence-corrected chi connectivity index (χ2v) is 5.09. The molecule has 1 fully saturated rings. The lowest BCUT2D eigenvalue weighted by Gasteiger charge is -2.28. The first kappa shape index (κ1) is 12.0. The average Bonchev–Trinajstić information content (AvgIpc) is 2.86. The van der Waals surface area contributed by atoms with Gasteiger partial charge in [-0.1, -0.05) is 13.3 Å². The number of nitrogens with two attached hydrogens (primary N) is 1. The van der Waals surface area contributed by atoms with Gasteiger partial charge in [0.15, 0.2) is 0 Å². The van der Waals surface area contributed by atoms with Gasteiger partial charge >= 0.3 is 0 Å². The highest BCUT2D eigenvalue weighted by atomic mass is 15.1. The molecule has 1 atom stereocenters. The topological polar surface area (TPSA) is 29.3 Å². The molecule has 0 aliphatic heterocycles. The molecular weight excluding hydrogens is 172 g/mol. The van der Waals surface area contributed by atoms with Crippen LogP contribution in [-0.2, 0) is 0 Å². The van der Waals surface area contributed by atoms with E-state index in [9.17, 15) is 0 Å². The molecule has 2 N–H and O–H groups in total. The first-order chi connectivity index (χ1) is 6.63. The van der Waals surface area contributed by atoms with Crippen LogP contribution in [0.2, 0.25) is 0 Å². The van der Waals surface area contributed by atoms with Crippen LogP contribution < -0.4 is 5.73 Å². The van der Waals surface area contributed by atoms with Crippen molar-refractivity contribution in [2.75, 3.05) is 20.1 Å². The Balaban J connectivity index is 2.28. The second kappa shape index (κ2) is 5.13. The van der Waals surface area contributed by atoms with Crippen LogP contribution in [0.3, 0.4) is 0 Å². The lowest BCUT2D eigenvalue weighted by Crippen LogP contribution is -2.35. The van der Waals surface area contributed by atoms with E-state index in [-0.39, 0.29) is 0 Å². The molecule has 0 heterocycles. The number of hydrogen-bond acceptors (Lipinski definition) is 2. The summed E-state index contributed by atoms with van der Waals surface area (Å²) in [6.45, 7) is 6.71. The predicted molar refractivity (Wildman–Crippen MR) is 62.3 cm³/mol. The van der Waals surface area contributed by atoms with Crippen molar-refractivity contribution in [3.8, 4) is 0 Å². The summed E-state index contributed by atoms with van der Waals surface area (Å²) >= 11 is 0. The van der Waals surface area contributed by atoms with Crippen molar-refractivity contribution in [1.82, 2.24) is 4.90 Å². The zero-order chi connectivity index (χ0) is 10.6. The van der Waals surface area contributed by atoms with E-state index >= 15 is 0 Å². The minimum Gasteiger partial charge on any atom is -0.330 e. The molecule has 0 saturated heterocycles. The van der Waals surface area contributed by atoms with Gasteiger partial charge in [-0.15, -0.1) is 0 Å². The molecule has 1 aliphatic rings. The molecule has 0 bridgehead atoms. The summed E-state index contributed by atoms with van der Waals surface area (Å²) in [5.41, 5.74) is 6.25. The molecule has 0 aromatic carbocycles. The van der Waals surface area contributed by atoms with Gasteiger partial charge in [-0.2, -0.15) is 0 Å². The summed E-state index contributed by atoms with van der Waals surface area (Å²) in [7, 11) is 2.26. The van der Waals surface area contributed by atoms with Crippen LogP contribution in [0.25, 0.3) is 0 Å². The summed E-state index contributed by atoms with van der Waals surface area (Å²) < 4.78 is 0. The van der Waals surface area contributed by atoms with Crippen molar-refractivity contribution < 1.29 is 0 Å². The van der Waals surface area contributed by atoms with Gasteiger partial charge < -0.3 is 10.6 Å². The monoisotopic (exact) mass is 198 g/mol. The van der Waals surface area contributed by atoms with Crippen LogP contribution in [0.4, 0.5) is 0 Å². The Hall–Kier alpha value is -0.0800. The first-order valence-corrected chi connectivity index (χ1v) is 6.04. The van der Waals surface area contributed by atoms with Crippen molar-refractivity contribution in [2.24, 2.45) is 11.1 Å². The molecular formula is C12H26N2. The molecule has 14 heavy (non-hydrogen) atoms. The highest BCUT2D eigenvalue weighted by Gasteiger charge is 2.42. The minimum atomic E-state index is 0.603. The Labute approximate surface area is 88.8 Å². The van der Waals surface area contributed by atoms with Gasteiger partial charge in [0.1, 0.15) is 0 Å². The Morgan fingerprint density at radius 1 is 1.43 bits per heavy atom. The van der Waals surface area contributed by atoms with Gasteiger partial charge in [0.2, 0.25) is 0 Å². The van der Waals surface area contributed by atoms with E-state index in [1.165, 1.54) is 38.6 Å². The van der Waals surface area contributed by atoms with Crippen LogP contribution in [0.5, 0.6) is 0 Å². The molecule has 2 nitrogen and oxygen atoms in total. The largest absolute Gasteiger partial charge is 0.330 e. The quantitative estimate of drug-likeness (QED) is 0.680. The maximum absolute atomic E-state index is 5.65. The van der Waals surface area contributed by atoms with Gasteiger partial charge in [-0.05, 0) is 51.6 Å². The molecule has 0 spiro atoms. The number of rotatable bonds is 7. The fourth-order valence-corrected chi connectivity index (χ4v) is 2.29. The molecule has 0 aromatic heterocycles. The minimum absolute atomic E-state index is 0.603. The van der Waals surface area contributed by atoms with E-state index in [1.807, 2.05) is 0 Å². The fraction of sp³-hybridized carbons (Fsp3) is 1.00. The first-order valence-electron chi connectivity index (χ1n) is 6.04. The molecule has 1 rings (SSSR count). The summed E-state index contributed by atoms with van der Waals surface area (Å²) in [4.78, 5) is 2.52. The Bertz CT molecular complexity index is 164.